The lowest BCUT2D eigenvalue weighted by atomic mass is 10.2. The van der Waals surface area contributed by atoms with Crippen molar-refractivity contribution in [3.63, 3.8) is 0 Å². The van der Waals surface area contributed by atoms with E-state index in [1.54, 1.807) is 19.0 Å². The Morgan fingerprint density at radius 2 is 2.21 bits per heavy atom. The molecule has 1 aliphatic rings. The molecule has 1 heterocycles. The number of carbonyl (C=O) groups is 2. The molecule has 0 saturated carbocycles. The first kappa shape index (κ1) is 13.7. The second kappa shape index (κ2) is 5.48. The highest BCUT2D eigenvalue weighted by Gasteiger charge is 2.24. The van der Waals surface area contributed by atoms with Gasteiger partial charge in [-0.3, -0.25) is 9.59 Å². The summed E-state index contributed by atoms with van der Waals surface area (Å²) in [5.74, 6) is 0.306. The fraction of sp³-hybridized carbons (Fsp3) is 0.286. The third-order valence-corrected chi connectivity index (χ3v) is 4.09. The Balaban J connectivity index is 2.16. The molecule has 0 aromatic heterocycles. The van der Waals surface area contributed by atoms with E-state index in [0.717, 1.165) is 11.3 Å². The van der Waals surface area contributed by atoms with Gasteiger partial charge in [-0.1, -0.05) is 23.9 Å². The normalized spacial score (nSPS) is 17.1. The Hall–Kier alpha value is -1.75. The number of anilines is 1. The van der Waals surface area contributed by atoms with Crippen molar-refractivity contribution in [1.29, 1.82) is 0 Å². The van der Waals surface area contributed by atoms with E-state index in [-0.39, 0.29) is 11.8 Å². The van der Waals surface area contributed by atoms with Crippen LogP contribution < -0.4 is 4.90 Å². The van der Waals surface area contributed by atoms with Gasteiger partial charge in [0.1, 0.15) is 0 Å². The Bertz CT molecular complexity index is 554. The fourth-order valence-electron chi connectivity index (χ4n) is 1.76. The summed E-state index contributed by atoms with van der Waals surface area (Å²) in [6, 6.07) is 7.74. The van der Waals surface area contributed by atoms with Crippen molar-refractivity contribution in [2.24, 2.45) is 0 Å². The van der Waals surface area contributed by atoms with Gasteiger partial charge in [0.15, 0.2) is 0 Å². The first-order valence-electron chi connectivity index (χ1n) is 5.94. The van der Waals surface area contributed by atoms with E-state index in [9.17, 15) is 9.59 Å². The molecule has 5 heteroatoms. The van der Waals surface area contributed by atoms with Gasteiger partial charge < -0.3 is 9.80 Å². The van der Waals surface area contributed by atoms with Crippen LogP contribution in [0.15, 0.2) is 35.4 Å². The van der Waals surface area contributed by atoms with Crippen LogP contribution in [0, 0.1) is 6.92 Å². The van der Waals surface area contributed by atoms with Crippen molar-refractivity contribution in [3.8, 4) is 0 Å². The number of benzene rings is 1. The van der Waals surface area contributed by atoms with Crippen molar-refractivity contribution < 1.29 is 9.59 Å². The summed E-state index contributed by atoms with van der Waals surface area (Å²) in [6.45, 7) is 1.99. The summed E-state index contributed by atoms with van der Waals surface area (Å²) in [5.41, 5.74) is 1.95. The van der Waals surface area contributed by atoms with Crippen LogP contribution >= 0.6 is 11.8 Å². The monoisotopic (exact) mass is 276 g/mol. The van der Waals surface area contributed by atoms with Gasteiger partial charge in [-0.25, -0.2) is 0 Å². The average molecular weight is 276 g/mol. The van der Waals surface area contributed by atoms with E-state index in [1.165, 1.54) is 22.7 Å². The molecule has 0 spiro atoms. The minimum absolute atomic E-state index is 0.0299. The second-order valence-corrected chi connectivity index (χ2v) is 5.46. The lowest BCUT2D eigenvalue weighted by molar-refractivity contribution is -0.124. The van der Waals surface area contributed by atoms with Crippen molar-refractivity contribution >= 4 is 29.3 Å². The highest BCUT2D eigenvalue weighted by atomic mass is 32.2. The first-order chi connectivity index (χ1) is 8.99. The van der Waals surface area contributed by atoms with Crippen LogP contribution in [0.4, 0.5) is 5.69 Å². The molecule has 0 unspecified atom stereocenters. The van der Waals surface area contributed by atoms with Crippen molar-refractivity contribution in [1.82, 2.24) is 4.90 Å². The topological polar surface area (TPSA) is 40.6 Å². The molecule has 19 heavy (non-hydrogen) atoms. The molecule has 100 valence electrons. The molecule has 1 aromatic carbocycles. The number of amides is 2. The third kappa shape index (κ3) is 2.98. The summed E-state index contributed by atoms with van der Waals surface area (Å²) < 4.78 is 0. The molecule has 4 nitrogen and oxygen atoms in total. The van der Waals surface area contributed by atoms with Crippen LogP contribution in [0.25, 0.3) is 0 Å². The van der Waals surface area contributed by atoms with E-state index < -0.39 is 0 Å². The number of thioether (sulfide) groups is 1. The van der Waals surface area contributed by atoms with Gasteiger partial charge in [-0.05, 0) is 24.6 Å². The van der Waals surface area contributed by atoms with Crippen molar-refractivity contribution in [2.75, 3.05) is 24.7 Å². The predicted molar refractivity (Wildman–Crippen MR) is 77.9 cm³/mol. The molecule has 0 bridgehead atoms. The van der Waals surface area contributed by atoms with E-state index >= 15 is 0 Å². The van der Waals surface area contributed by atoms with Crippen LogP contribution in [0.1, 0.15) is 5.56 Å². The maximum absolute atomic E-state index is 12.2. The lowest BCUT2D eigenvalue weighted by Crippen LogP contribution is -2.26. The Morgan fingerprint density at radius 1 is 1.47 bits per heavy atom. The molecule has 2 rings (SSSR count). The van der Waals surface area contributed by atoms with Gasteiger partial charge in [0, 0.05) is 25.9 Å². The molecule has 1 fully saturated rings. The van der Waals surface area contributed by atoms with Crippen molar-refractivity contribution in [3.05, 3.63) is 40.9 Å². The number of nitrogens with zero attached hydrogens (tertiary/aromatic N) is 2. The van der Waals surface area contributed by atoms with Gasteiger partial charge >= 0.3 is 0 Å². The standard InChI is InChI=1S/C14H16N2O2S/c1-10-5-4-6-11(7-10)15(2)12(17)8-14-16(3)13(18)9-19-14/h4-8H,9H2,1-3H3. The number of carbonyl (C=O) groups excluding carboxylic acids is 2. The average Bonchev–Trinajstić information content (AvgIpc) is 2.70. The van der Waals surface area contributed by atoms with E-state index in [4.69, 9.17) is 0 Å². The summed E-state index contributed by atoms with van der Waals surface area (Å²) in [5, 5.41) is 0.703. The number of aryl methyl sites for hydroxylation is 1. The van der Waals surface area contributed by atoms with Gasteiger partial charge in [0.25, 0.3) is 5.91 Å². The number of hydrogen-bond acceptors (Lipinski definition) is 3. The molecular weight excluding hydrogens is 260 g/mol. The number of rotatable bonds is 2. The van der Waals surface area contributed by atoms with Crippen molar-refractivity contribution in [2.45, 2.75) is 6.92 Å². The molecule has 0 radical (unpaired) electrons. The SMILES string of the molecule is Cc1cccc(N(C)C(=O)C=C2SCC(=O)N2C)c1. The van der Waals surface area contributed by atoms with Gasteiger partial charge in [-0.2, -0.15) is 0 Å². The summed E-state index contributed by atoms with van der Waals surface area (Å²) in [7, 11) is 3.42. The molecule has 0 atom stereocenters. The number of likely N-dealkylation sites (N-methyl/N-ethyl adjacent to an activating group) is 1. The minimum Gasteiger partial charge on any atom is -0.312 e. The zero-order valence-electron chi connectivity index (χ0n) is 11.2. The maximum atomic E-state index is 12.2. The lowest BCUT2D eigenvalue weighted by Gasteiger charge is -2.17. The third-order valence-electron chi connectivity index (χ3n) is 3.01. The van der Waals surface area contributed by atoms with Crippen LogP contribution in [0.5, 0.6) is 0 Å². The van der Waals surface area contributed by atoms with Crippen LogP contribution in [0.2, 0.25) is 0 Å². The summed E-state index contributed by atoms with van der Waals surface area (Å²) in [6.07, 6.45) is 1.51. The minimum atomic E-state index is -0.130. The molecule has 0 N–H and O–H groups in total. The Morgan fingerprint density at radius 3 is 2.79 bits per heavy atom. The highest BCUT2D eigenvalue weighted by Crippen LogP contribution is 2.27. The van der Waals surface area contributed by atoms with E-state index in [2.05, 4.69) is 0 Å². The first-order valence-corrected chi connectivity index (χ1v) is 6.93. The second-order valence-electron chi connectivity index (χ2n) is 4.46. The fourth-order valence-corrected chi connectivity index (χ4v) is 2.70. The van der Waals surface area contributed by atoms with Gasteiger partial charge in [0.2, 0.25) is 5.91 Å². The zero-order valence-corrected chi connectivity index (χ0v) is 12.0. The summed E-state index contributed by atoms with van der Waals surface area (Å²) >= 11 is 1.39. The van der Waals surface area contributed by atoms with E-state index in [1.807, 2.05) is 31.2 Å². The van der Waals surface area contributed by atoms with Gasteiger partial charge in [0.05, 0.1) is 10.8 Å². The largest absolute Gasteiger partial charge is 0.312 e. The Kier molecular flexibility index (Phi) is 3.95. The smallest absolute Gasteiger partial charge is 0.253 e. The highest BCUT2D eigenvalue weighted by molar-refractivity contribution is 8.04. The van der Waals surface area contributed by atoms with E-state index in [0.29, 0.717) is 10.8 Å². The molecule has 1 aliphatic heterocycles. The Labute approximate surface area is 117 Å². The van der Waals surface area contributed by atoms with Crippen LogP contribution in [0.3, 0.4) is 0 Å². The van der Waals surface area contributed by atoms with Crippen LogP contribution in [-0.4, -0.2) is 36.6 Å². The predicted octanol–water partition coefficient (Wildman–Crippen LogP) is 2.00. The number of hydrogen-bond donors (Lipinski definition) is 0. The molecular formula is C14H16N2O2S. The molecule has 1 saturated heterocycles. The quantitative estimate of drug-likeness (QED) is 0.776. The summed E-state index contributed by atoms with van der Waals surface area (Å²) in [4.78, 5) is 26.7. The van der Waals surface area contributed by atoms with Gasteiger partial charge in [-0.15, -0.1) is 0 Å². The van der Waals surface area contributed by atoms with Crippen LogP contribution in [-0.2, 0) is 9.59 Å². The zero-order chi connectivity index (χ0) is 14.0. The maximum Gasteiger partial charge on any atom is 0.253 e. The molecule has 0 aliphatic carbocycles. The molecule has 1 aromatic rings. The molecule has 2 amide bonds.